The van der Waals surface area contributed by atoms with E-state index in [0.29, 0.717) is 25.2 Å². The van der Waals surface area contributed by atoms with Gasteiger partial charge in [-0.1, -0.05) is 130 Å². The molecule has 0 aliphatic carbocycles. The highest BCUT2D eigenvalue weighted by Gasteiger charge is 2.19. The SMILES string of the molecule is CCCCCCCCCCC(=O)OCC(COC(=O)CCCCC(C)C)OC(=O)CCCCCCCCCC. The van der Waals surface area contributed by atoms with Gasteiger partial charge in [0, 0.05) is 19.3 Å². The summed E-state index contributed by atoms with van der Waals surface area (Å²) in [6.07, 6.45) is 21.6. The molecule has 6 nitrogen and oxygen atoms in total. The third-order valence-corrected chi connectivity index (χ3v) is 7.04. The predicted octanol–water partition coefficient (Wildman–Crippen LogP) is 9.26. The van der Waals surface area contributed by atoms with Crippen molar-refractivity contribution in [1.82, 2.24) is 0 Å². The Hall–Kier alpha value is -1.59. The molecule has 0 heterocycles. The maximum absolute atomic E-state index is 12.4. The highest BCUT2D eigenvalue weighted by Crippen LogP contribution is 2.13. The number of carbonyl (C=O) groups is 3. The number of esters is 3. The fraction of sp³-hybridized carbons (Fsp3) is 0.909. The quantitative estimate of drug-likeness (QED) is 0.0545. The van der Waals surface area contributed by atoms with Gasteiger partial charge in [0.1, 0.15) is 13.2 Å². The highest BCUT2D eigenvalue weighted by molar-refractivity contribution is 5.71. The minimum absolute atomic E-state index is 0.0698. The topological polar surface area (TPSA) is 78.9 Å². The molecular formula is C33H62O6. The molecule has 0 fully saturated rings. The average molecular weight is 555 g/mol. The Kier molecular flexibility index (Phi) is 26.8. The minimum atomic E-state index is -0.756. The molecule has 1 atom stereocenters. The molecule has 0 amide bonds. The number of hydrogen-bond donors (Lipinski definition) is 0. The zero-order valence-electron chi connectivity index (χ0n) is 26.1. The van der Waals surface area contributed by atoms with Crippen molar-refractivity contribution in [2.45, 2.75) is 175 Å². The van der Waals surface area contributed by atoms with Crippen LogP contribution in [0.1, 0.15) is 169 Å². The molecule has 6 heteroatoms. The first-order valence-corrected chi connectivity index (χ1v) is 16.4. The van der Waals surface area contributed by atoms with Crippen molar-refractivity contribution in [3.8, 4) is 0 Å². The van der Waals surface area contributed by atoms with E-state index in [-0.39, 0.29) is 31.1 Å². The van der Waals surface area contributed by atoms with Gasteiger partial charge in [-0.3, -0.25) is 14.4 Å². The molecule has 0 radical (unpaired) electrons. The van der Waals surface area contributed by atoms with E-state index in [0.717, 1.165) is 57.8 Å². The Bertz CT molecular complexity index is 589. The lowest BCUT2D eigenvalue weighted by Crippen LogP contribution is -2.30. The average Bonchev–Trinajstić information content (AvgIpc) is 2.91. The van der Waals surface area contributed by atoms with Crippen LogP contribution >= 0.6 is 0 Å². The molecule has 0 saturated heterocycles. The van der Waals surface area contributed by atoms with Crippen LogP contribution in [0.2, 0.25) is 0 Å². The van der Waals surface area contributed by atoms with Crippen molar-refractivity contribution < 1.29 is 28.6 Å². The number of hydrogen-bond acceptors (Lipinski definition) is 6. The molecule has 0 bridgehead atoms. The van der Waals surface area contributed by atoms with Crippen LogP contribution in [0.3, 0.4) is 0 Å². The summed E-state index contributed by atoms with van der Waals surface area (Å²) in [5.41, 5.74) is 0. The van der Waals surface area contributed by atoms with Gasteiger partial charge in [0.05, 0.1) is 0 Å². The van der Waals surface area contributed by atoms with E-state index >= 15 is 0 Å². The van der Waals surface area contributed by atoms with Crippen LogP contribution in [0.4, 0.5) is 0 Å². The maximum Gasteiger partial charge on any atom is 0.306 e. The van der Waals surface area contributed by atoms with Gasteiger partial charge < -0.3 is 14.2 Å². The standard InChI is InChI=1S/C33H62O6/c1-5-7-9-11-13-15-17-19-24-31(34)37-27-30(28-38-32(35)25-22-21-23-29(3)4)39-33(36)26-20-18-16-14-12-10-8-6-2/h29-30H,5-28H2,1-4H3. The van der Waals surface area contributed by atoms with Crippen LogP contribution in [-0.4, -0.2) is 37.2 Å². The van der Waals surface area contributed by atoms with Crippen molar-refractivity contribution in [2.24, 2.45) is 5.92 Å². The van der Waals surface area contributed by atoms with Crippen molar-refractivity contribution >= 4 is 17.9 Å². The van der Waals surface area contributed by atoms with E-state index < -0.39 is 6.10 Å². The molecule has 0 spiro atoms. The van der Waals surface area contributed by atoms with Crippen LogP contribution in [0.5, 0.6) is 0 Å². The summed E-state index contributed by atoms with van der Waals surface area (Å²) in [6, 6.07) is 0. The third-order valence-electron chi connectivity index (χ3n) is 7.04. The lowest BCUT2D eigenvalue weighted by Gasteiger charge is -2.18. The predicted molar refractivity (Wildman–Crippen MR) is 160 cm³/mol. The molecule has 0 rings (SSSR count). The Morgan fingerprint density at radius 3 is 1.26 bits per heavy atom. The summed E-state index contributed by atoms with van der Waals surface area (Å²) in [6.45, 7) is 8.62. The van der Waals surface area contributed by atoms with Gasteiger partial charge in [-0.15, -0.1) is 0 Å². The second kappa shape index (κ2) is 28.0. The van der Waals surface area contributed by atoms with Crippen molar-refractivity contribution in [3.63, 3.8) is 0 Å². The minimum Gasteiger partial charge on any atom is -0.462 e. The molecule has 0 aliphatic heterocycles. The van der Waals surface area contributed by atoms with Crippen molar-refractivity contribution in [1.29, 1.82) is 0 Å². The number of unbranched alkanes of at least 4 members (excludes halogenated alkanes) is 15. The second-order valence-electron chi connectivity index (χ2n) is 11.6. The summed E-state index contributed by atoms with van der Waals surface area (Å²) in [4.78, 5) is 36.8. The van der Waals surface area contributed by atoms with Gasteiger partial charge in [-0.2, -0.15) is 0 Å². The largest absolute Gasteiger partial charge is 0.462 e. The van der Waals surface area contributed by atoms with Crippen LogP contribution in [0.15, 0.2) is 0 Å². The van der Waals surface area contributed by atoms with Gasteiger partial charge in [0.2, 0.25) is 0 Å². The monoisotopic (exact) mass is 554 g/mol. The van der Waals surface area contributed by atoms with Gasteiger partial charge in [0.25, 0.3) is 0 Å². The first-order chi connectivity index (χ1) is 18.9. The van der Waals surface area contributed by atoms with E-state index in [9.17, 15) is 14.4 Å². The molecule has 0 aromatic rings. The first-order valence-electron chi connectivity index (χ1n) is 16.4. The summed E-state index contributed by atoms with van der Waals surface area (Å²) in [7, 11) is 0. The van der Waals surface area contributed by atoms with Gasteiger partial charge in [0.15, 0.2) is 6.10 Å². The molecule has 0 aromatic carbocycles. The lowest BCUT2D eigenvalue weighted by molar-refractivity contribution is -0.167. The molecule has 0 saturated carbocycles. The van der Waals surface area contributed by atoms with Crippen LogP contribution in [0, 0.1) is 5.92 Å². The third kappa shape index (κ3) is 27.8. The normalized spacial score (nSPS) is 11.9. The first kappa shape index (κ1) is 37.4. The Labute approximate surface area is 240 Å². The van der Waals surface area contributed by atoms with E-state index in [1.807, 2.05) is 0 Å². The van der Waals surface area contributed by atoms with Crippen molar-refractivity contribution in [3.05, 3.63) is 0 Å². The molecular weight excluding hydrogens is 492 g/mol. The Morgan fingerprint density at radius 1 is 0.487 bits per heavy atom. The maximum atomic E-state index is 12.4. The molecule has 39 heavy (non-hydrogen) atoms. The second-order valence-corrected chi connectivity index (χ2v) is 11.6. The number of carbonyl (C=O) groups excluding carboxylic acids is 3. The van der Waals surface area contributed by atoms with Gasteiger partial charge in [-0.25, -0.2) is 0 Å². The fourth-order valence-electron chi connectivity index (χ4n) is 4.51. The summed E-state index contributed by atoms with van der Waals surface area (Å²) in [5.74, 6) is -0.289. The van der Waals surface area contributed by atoms with E-state index in [2.05, 4.69) is 27.7 Å². The molecule has 1 unspecified atom stereocenters. The van der Waals surface area contributed by atoms with Crippen LogP contribution in [-0.2, 0) is 28.6 Å². The van der Waals surface area contributed by atoms with Gasteiger partial charge >= 0.3 is 17.9 Å². The molecule has 0 aliphatic rings. The molecule has 0 aromatic heterocycles. The summed E-state index contributed by atoms with van der Waals surface area (Å²) >= 11 is 0. The Balaban J connectivity index is 4.35. The lowest BCUT2D eigenvalue weighted by atomic mass is 10.1. The van der Waals surface area contributed by atoms with E-state index in [1.54, 1.807) is 0 Å². The van der Waals surface area contributed by atoms with Crippen molar-refractivity contribution in [2.75, 3.05) is 13.2 Å². The van der Waals surface area contributed by atoms with Gasteiger partial charge in [-0.05, 0) is 25.2 Å². The van der Waals surface area contributed by atoms with Crippen LogP contribution < -0.4 is 0 Å². The molecule has 0 N–H and O–H groups in total. The molecule has 230 valence electrons. The Morgan fingerprint density at radius 2 is 0.846 bits per heavy atom. The zero-order valence-corrected chi connectivity index (χ0v) is 26.1. The highest BCUT2D eigenvalue weighted by atomic mass is 16.6. The fourth-order valence-corrected chi connectivity index (χ4v) is 4.51. The van der Waals surface area contributed by atoms with E-state index in [1.165, 1.54) is 64.2 Å². The number of ether oxygens (including phenoxy) is 3. The van der Waals surface area contributed by atoms with Crippen LogP contribution in [0.25, 0.3) is 0 Å². The number of rotatable bonds is 28. The summed E-state index contributed by atoms with van der Waals surface area (Å²) in [5, 5.41) is 0. The van der Waals surface area contributed by atoms with E-state index in [4.69, 9.17) is 14.2 Å². The summed E-state index contributed by atoms with van der Waals surface area (Å²) < 4.78 is 16.3. The smallest absolute Gasteiger partial charge is 0.306 e. The zero-order chi connectivity index (χ0) is 29.0.